The van der Waals surface area contributed by atoms with E-state index in [9.17, 15) is 9.59 Å². The SMILES string of the molecule is CCC1(CNC(=O)c2cn(CC(=O)O)nn2)CC1. The lowest BCUT2D eigenvalue weighted by Crippen LogP contribution is -2.30. The zero-order chi connectivity index (χ0) is 13.2. The van der Waals surface area contributed by atoms with Crippen LogP contribution in [0.4, 0.5) is 0 Å². The van der Waals surface area contributed by atoms with Gasteiger partial charge in [0.2, 0.25) is 0 Å². The molecule has 7 heteroatoms. The van der Waals surface area contributed by atoms with Gasteiger partial charge in [0.15, 0.2) is 5.69 Å². The Morgan fingerprint density at radius 1 is 1.56 bits per heavy atom. The number of rotatable bonds is 6. The van der Waals surface area contributed by atoms with Crippen LogP contribution < -0.4 is 5.32 Å². The fourth-order valence-corrected chi connectivity index (χ4v) is 1.81. The Morgan fingerprint density at radius 2 is 2.28 bits per heavy atom. The van der Waals surface area contributed by atoms with Gasteiger partial charge in [-0.15, -0.1) is 5.10 Å². The van der Waals surface area contributed by atoms with E-state index >= 15 is 0 Å². The van der Waals surface area contributed by atoms with Gasteiger partial charge in [-0.25, -0.2) is 4.68 Å². The molecule has 7 nitrogen and oxygen atoms in total. The standard InChI is InChI=1S/C11H16N4O3/c1-2-11(3-4-11)7-12-10(18)8-5-15(14-13-8)6-9(16)17/h5H,2-4,6-7H2,1H3,(H,12,18)(H,16,17). The van der Waals surface area contributed by atoms with Crippen LogP contribution in [0.2, 0.25) is 0 Å². The van der Waals surface area contributed by atoms with Crippen molar-refractivity contribution >= 4 is 11.9 Å². The van der Waals surface area contributed by atoms with Crippen LogP contribution in [0, 0.1) is 5.41 Å². The monoisotopic (exact) mass is 252 g/mol. The van der Waals surface area contributed by atoms with E-state index in [1.165, 1.54) is 6.20 Å². The first kappa shape index (κ1) is 12.5. The highest BCUT2D eigenvalue weighted by atomic mass is 16.4. The number of aliphatic carboxylic acids is 1. The van der Waals surface area contributed by atoms with Crippen LogP contribution in [0.3, 0.4) is 0 Å². The van der Waals surface area contributed by atoms with Gasteiger partial charge in [0.25, 0.3) is 5.91 Å². The molecule has 1 amide bonds. The van der Waals surface area contributed by atoms with E-state index in [-0.39, 0.29) is 23.6 Å². The first-order chi connectivity index (χ1) is 8.54. The zero-order valence-corrected chi connectivity index (χ0v) is 10.2. The molecule has 2 rings (SSSR count). The number of aromatic nitrogens is 3. The van der Waals surface area contributed by atoms with Crippen LogP contribution >= 0.6 is 0 Å². The van der Waals surface area contributed by atoms with Gasteiger partial charge in [-0.1, -0.05) is 12.1 Å². The number of amides is 1. The van der Waals surface area contributed by atoms with Crippen LogP contribution in [0.5, 0.6) is 0 Å². The van der Waals surface area contributed by atoms with Crippen molar-refractivity contribution in [2.75, 3.05) is 6.54 Å². The first-order valence-electron chi connectivity index (χ1n) is 5.95. The van der Waals surface area contributed by atoms with E-state index in [0.717, 1.165) is 23.9 Å². The molecule has 0 unspecified atom stereocenters. The minimum absolute atomic E-state index is 0.156. The summed E-state index contributed by atoms with van der Waals surface area (Å²) in [5.74, 6) is -1.32. The van der Waals surface area contributed by atoms with Crippen LogP contribution in [-0.2, 0) is 11.3 Å². The summed E-state index contributed by atoms with van der Waals surface area (Å²) >= 11 is 0. The van der Waals surface area contributed by atoms with E-state index in [2.05, 4.69) is 22.6 Å². The van der Waals surface area contributed by atoms with Gasteiger partial charge in [0.05, 0.1) is 6.20 Å². The summed E-state index contributed by atoms with van der Waals surface area (Å²) in [6.45, 7) is 2.47. The molecule has 1 aromatic rings. The highest BCUT2D eigenvalue weighted by Gasteiger charge is 2.40. The van der Waals surface area contributed by atoms with Gasteiger partial charge in [-0.2, -0.15) is 0 Å². The highest BCUT2D eigenvalue weighted by Crippen LogP contribution is 2.47. The molecule has 1 fully saturated rings. The molecule has 1 aliphatic carbocycles. The molecular formula is C11H16N4O3. The molecule has 0 aromatic carbocycles. The lowest BCUT2D eigenvalue weighted by atomic mass is 10.0. The number of hydrogen-bond donors (Lipinski definition) is 2. The Kier molecular flexibility index (Phi) is 3.31. The van der Waals surface area contributed by atoms with Crippen molar-refractivity contribution in [3.8, 4) is 0 Å². The van der Waals surface area contributed by atoms with Crippen molar-refractivity contribution in [2.24, 2.45) is 5.41 Å². The molecular weight excluding hydrogens is 236 g/mol. The summed E-state index contributed by atoms with van der Waals surface area (Å²) in [5.41, 5.74) is 0.426. The van der Waals surface area contributed by atoms with Crippen molar-refractivity contribution in [1.82, 2.24) is 20.3 Å². The maximum Gasteiger partial charge on any atom is 0.325 e. The summed E-state index contributed by atoms with van der Waals surface area (Å²) in [5, 5.41) is 18.6. The average Bonchev–Trinajstić information content (AvgIpc) is 2.98. The summed E-state index contributed by atoms with van der Waals surface area (Å²) < 4.78 is 1.13. The summed E-state index contributed by atoms with van der Waals surface area (Å²) in [6, 6.07) is 0. The molecule has 0 atom stereocenters. The molecule has 0 saturated heterocycles. The maximum atomic E-state index is 11.8. The molecule has 1 heterocycles. The molecule has 1 aliphatic rings. The molecule has 0 radical (unpaired) electrons. The molecule has 1 saturated carbocycles. The third-order valence-corrected chi connectivity index (χ3v) is 3.40. The van der Waals surface area contributed by atoms with Crippen LogP contribution in [0.25, 0.3) is 0 Å². The minimum Gasteiger partial charge on any atom is -0.480 e. The predicted molar refractivity (Wildman–Crippen MR) is 61.9 cm³/mol. The van der Waals surface area contributed by atoms with Gasteiger partial charge in [0, 0.05) is 6.54 Å². The summed E-state index contributed by atoms with van der Waals surface area (Å²) in [6.07, 6.45) is 4.69. The minimum atomic E-state index is -1.02. The van der Waals surface area contributed by atoms with E-state index in [1.54, 1.807) is 0 Å². The van der Waals surface area contributed by atoms with E-state index in [0.29, 0.717) is 6.54 Å². The van der Waals surface area contributed by atoms with E-state index in [4.69, 9.17) is 5.11 Å². The lowest BCUT2D eigenvalue weighted by molar-refractivity contribution is -0.137. The Hall–Kier alpha value is -1.92. The predicted octanol–water partition coefficient (Wildman–Crippen LogP) is 0.283. The summed E-state index contributed by atoms with van der Waals surface area (Å²) in [4.78, 5) is 22.2. The fourth-order valence-electron chi connectivity index (χ4n) is 1.81. The van der Waals surface area contributed by atoms with Gasteiger partial charge < -0.3 is 10.4 Å². The first-order valence-corrected chi connectivity index (χ1v) is 5.95. The fraction of sp³-hybridized carbons (Fsp3) is 0.636. The third kappa shape index (κ3) is 2.85. The number of nitrogens with zero attached hydrogens (tertiary/aromatic N) is 3. The summed E-state index contributed by atoms with van der Waals surface area (Å²) in [7, 11) is 0. The number of carbonyl (C=O) groups is 2. The molecule has 0 aliphatic heterocycles. The number of carboxylic acids is 1. The number of hydrogen-bond acceptors (Lipinski definition) is 4. The maximum absolute atomic E-state index is 11.8. The van der Waals surface area contributed by atoms with Crippen molar-refractivity contribution in [3.63, 3.8) is 0 Å². The molecule has 0 spiro atoms. The number of carbonyl (C=O) groups excluding carboxylic acids is 1. The second-order valence-electron chi connectivity index (χ2n) is 4.73. The molecule has 98 valence electrons. The number of carboxylic acid groups (broad SMARTS) is 1. The quantitative estimate of drug-likeness (QED) is 0.758. The average molecular weight is 252 g/mol. The highest BCUT2D eigenvalue weighted by molar-refractivity contribution is 5.91. The van der Waals surface area contributed by atoms with Gasteiger partial charge >= 0.3 is 5.97 Å². The molecule has 2 N–H and O–H groups in total. The molecule has 1 aromatic heterocycles. The van der Waals surface area contributed by atoms with E-state index in [1.807, 2.05) is 0 Å². The zero-order valence-electron chi connectivity index (χ0n) is 10.2. The third-order valence-electron chi connectivity index (χ3n) is 3.40. The second-order valence-corrected chi connectivity index (χ2v) is 4.73. The number of nitrogens with one attached hydrogen (secondary N) is 1. The molecule has 18 heavy (non-hydrogen) atoms. The molecule has 0 bridgehead atoms. The van der Waals surface area contributed by atoms with Crippen LogP contribution in [-0.4, -0.2) is 38.5 Å². The van der Waals surface area contributed by atoms with Crippen molar-refractivity contribution in [3.05, 3.63) is 11.9 Å². The lowest BCUT2D eigenvalue weighted by Gasteiger charge is -2.12. The van der Waals surface area contributed by atoms with Crippen molar-refractivity contribution < 1.29 is 14.7 Å². The largest absolute Gasteiger partial charge is 0.480 e. The van der Waals surface area contributed by atoms with Gasteiger partial charge in [-0.05, 0) is 24.7 Å². The van der Waals surface area contributed by atoms with Gasteiger partial charge in [0.1, 0.15) is 6.54 Å². The Balaban J connectivity index is 1.88. The van der Waals surface area contributed by atoms with Crippen molar-refractivity contribution in [1.29, 1.82) is 0 Å². The Bertz CT molecular complexity index is 465. The van der Waals surface area contributed by atoms with Crippen LogP contribution in [0.15, 0.2) is 6.20 Å². The van der Waals surface area contributed by atoms with E-state index < -0.39 is 5.97 Å². The normalized spacial score (nSPS) is 16.3. The van der Waals surface area contributed by atoms with Crippen molar-refractivity contribution in [2.45, 2.75) is 32.7 Å². The smallest absolute Gasteiger partial charge is 0.325 e. The second kappa shape index (κ2) is 4.75. The van der Waals surface area contributed by atoms with Crippen LogP contribution in [0.1, 0.15) is 36.7 Å². The van der Waals surface area contributed by atoms with Gasteiger partial charge in [-0.3, -0.25) is 9.59 Å². The topological polar surface area (TPSA) is 97.1 Å². The Morgan fingerprint density at radius 3 is 2.83 bits per heavy atom. The Labute approximate surface area is 104 Å².